The van der Waals surface area contributed by atoms with Gasteiger partial charge in [-0.2, -0.15) is 0 Å². The van der Waals surface area contributed by atoms with Crippen LogP contribution in [0.4, 0.5) is 0 Å². The second-order valence-electron chi connectivity index (χ2n) is 0. The van der Waals surface area contributed by atoms with Crippen molar-refractivity contribution in [2.24, 2.45) is 0 Å². The summed E-state index contributed by atoms with van der Waals surface area (Å²) in [5.74, 6) is 0. The molecule has 0 saturated carbocycles. The summed E-state index contributed by atoms with van der Waals surface area (Å²) in [5, 5.41) is 0. The maximum Gasteiger partial charge on any atom is 0 e. The van der Waals surface area contributed by atoms with Crippen LogP contribution in [-0.2, 0) is 21.7 Å². The molecule has 0 atom stereocenters. The van der Waals surface area contributed by atoms with Crippen LogP contribution in [0, 0.1) is 4.17 Å². The van der Waals surface area contributed by atoms with Crippen LogP contribution in [0.2, 0.25) is 0 Å². The molecule has 4 N–H and O–H groups in total. The van der Waals surface area contributed by atoms with Crippen molar-refractivity contribution in [2.75, 3.05) is 0 Å². The van der Waals surface area contributed by atoms with Gasteiger partial charge >= 0.3 is 118 Å². The largest absolute Gasteiger partial charge is 0.870 e. The van der Waals surface area contributed by atoms with Gasteiger partial charge in [-0.25, -0.2) is 0 Å². The molecule has 0 aromatic heterocycles. The van der Waals surface area contributed by atoms with E-state index in [1.807, 2.05) is 0 Å². The van der Waals surface area contributed by atoms with Gasteiger partial charge in [0.1, 0.15) is 0 Å². The molecular formula is H4AlBa2NO4Ti. The summed E-state index contributed by atoms with van der Waals surface area (Å²) in [5.41, 5.74) is 0. The average Bonchev–Trinajstić information content (AvgIpc) is 1.00. The third-order valence-corrected chi connectivity index (χ3v) is 0. The fourth-order valence-corrected chi connectivity index (χ4v) is 0. The molecule has 0 aliphatic carbocycles. The van der Waals surface area contributed by atoms with Gasteiger partial charge in [0.2, 0.25) is 0 Å². The molecule has 0 aromatic carbocycles. The molecule has 0 saturated heterocycles. The number of nitrogens with zero attached hydrogens (tertiary/aromatic N) is 1. The zero-order valence-electron chi connectivity index (χ0n) is 4.73. The van der Waals surface area contributed by atoms with E-state index >= 15 is 0 Å². The van der Waals surface area contributed by atoms with Crippen molar-refractivity contribution in [3.05, 3.63) is 0 Å². The summed E-state index contributed by atoms with van der Waals surface area (Å²) in [7, 11) is 0. The first-order chi connectivity index (χ1) is 1.00. The molecule has 0 radical (unpaired) electrons. The fourth-order valence-electron chi connectivity index (χ4n) is 0. The summed E-state index contributed by atoms with van der Waals surface area (Å²) < 4.78 is 6.92. The monoisotopic (exact) mass is 433 g/mol. The summed E-state index contributed by atoms with van der Waals surface area (Å²) in [6.07, 6.45) is 0. The van der Waals surface area contributed by atoms with E-state index in [4.69, 9.17) is 4.17 Å². The minimum Gasteiger partial charge on any atom is -0.870 e. The van der Waals surface area contributed by atoms with Crippen LogP contribution in [-0.4, -0.2) is 136 Å². The minimum atomic E-state index is 0. The van der Waals surface area contributed by atoms with E-state index in [0.717, 1.165) is 0 Å². The predicted molar refractivity (Wildman–Crippen MR) is 26.7 cm³/mol. The van der Waals surface area contributed by atoms with Crippen LogP contribution in [0.15, 0.2) is 0 Å². The maximum absolute atomic E-state index is 6.92. The molecule has 0 unspecified atom stereocenters. The molecule has 0 rings (SSSR count). The van der Waals surface area contributed by atoms with Gasteiger partial charge < -0.3 is 21.9 Å². The van der Waals surface area contributed by atoms with E-state index in [1.165, 1.54) is 15.9 Å². The van der Waals surface area contributed by atoms with Crippen LogP contribution in [0.5, 0.6) is 0 Å². The molecule has 0 aliphatic rings. The Kier molecular flexibility index (Phi) is 773. The van der Waals surface area contributed by atoms with Gasteiger partial charge in [-0.1, -0.05) is 0 Å². The van der Waals surface area contributed by atoms with Gasteiger partial charge in [0.15, 0.2) is 0 Å². The number of hydrogen-bond donors (Lipinski definition) is 0. The van der Waals surface area contributed by atoms with Crippen molar-refractivity contribution in [3.8, 4) is 0 Å². The second-order valence-corrected chi connectivity index (χ2v) is 0. The van der Waals surface area contributed by atoms with Crippen LogP contribution >= 0.6 is 0 Å². The molecule has 0 amide bonds. The second kappa shape index (κ2) is 92.1. The van der Waals surface area contributed by atoms with Gasteiger partial charge in [-0.05, 0) is 0 Å². The molecule has 0 heterocycles. The maximum atomic E-state index is 6.92. The minimum absolute atomic E-state index is 0. The van der Waals surface area contributed by atoms with Crippen molar-refractivity contribution in [3.63, 3.8) is 0 Å². The van der Waals surface area contributed by atoms with E-state index < -0.39 is 0 Å². The Labute approximate surface area is 157 Å². The standard InChI is InChI=1S/Al.2Ba.N.4H2O.Ti/h;;;;4*1H2;/q;2*+2;;;;;;/p-4. The topological polar surface area (TPSA) is 144 Å². The predicted octanol–water partition coefficient (Wildman–Crippen LogP) is -1.84. The van der Waals surface area contributed by atoms with E-state index in [0.29, 0.717) is 0 Å². The molecule has 0 aliphatic heterocycles. The van der Waals surface area contributed by atoms with Crippen LogP contribution < -0.4 is 0 Å². The molecular weight excluding hydrogens is 428 g/mol. The van der Waals surface area contributed by atoms with Crippen molar-refractivity contribution < 1.29 is 43.6 Å². The van der Waals surface area contributed by atoms with E-state index in [9.17, 15) is 0 Å². The normalized spacial score (nSPS) is 0.556. The van der Waals surface area contributed by atoms with Crippen LogP contribution in [0.3, 0.4) is 0 Å². The first kappa shape index (κ1) is 75.6. The van der Waals surface area contributed by atoms with Crippen LogP contribution in [0.1, 0.15) is 0 Å². The molecule has 0 spiro atoms. The summed E-state index contributed by atoms with van der Waals surface area (Å²) >= 11 is 1.42. The zero-order chi connectivity index (χ0) is 2.00. The summed E-state index contributed by atoms with van der Waals surface area (Å²) in [6.45, 7) is 0. The van der Waals surface area contributed by atoms with Gasteiger partial charge in [0, 0.05) is 21.7 Å². The number of hydrogen-bond acceptors (Lipinski definition) is 5. The summed E-state index contributed by atoms with van der Waals surface area (Å²) in [6, 6.07) is 0. The molecule has 0 aromatic rings. The van der Waals surface area contributed by atoms with Gasteiger partial charge in [-0.15, -0.1) is 0 Å². The third kappa shape index (κ3) is 76.0. The quantitative estimate of drug-likeness (QED) is 0.414. The Morgan fingerprint density at radius 2 is 0.667 bits per heavy atom. The van der Waals surface area contributed by atoms with Crippen molar-refractivity contribution in [1.29, 1.82) is 4.17 Å². The third-order valence-electron chi connectivity index (χ3n) is 0. The zero-order valence-corrected chi connectivity index (χ0v) is 16.3. The Morgan fingerprint density at radius 3 is 0.667 bits per heavy atom. The molecule has 5 nitrogen and oxygen atoms in total. The Balaban J connectivity index is -0.000000000238. The van der Waals surface area contributed by atoms with Crippen molar-refractivity contribution in [1.82, 2.24) is 0 Å². The summed E-state index contributed by atoms with van der Waals surface area (Å²) in [4.78, 5) is 0. The van der Waals surface area contributed by atoms with E-state index in [2.05, 4.69) is 0 Å². The Bertz CT molecular complexity index is 23.3. The molecule has 44 valence electrons. The smallest absolute Gasteiger partial charge is 0 e. The molecule has 0 bridgehead atoms. The SMILES string of the molecule is [Ba+2].[Ba+2].[N]#[Al].[OH-].[OH-].[OH-].[OH-].[Ti]. The Hall–Kier alpha value is 3.94. The fraction of sp³-hybridized carbons (Fsp3) is 0. The van der Waals surface area contributed by atoms with E-state index in [-0.39, 0.29) is 141 Å². The Morgan fingerprint density at radius 1 is 0.667 bits per heavy atom. The van der Waals surface area contributed by atoms with Gasteiger partial charge in [-0.3, -0.25) is 0 Å². The number of rotatable bonds is 0. The molecule has 9 heteroatoms. The van der Waals surface area contributed by atoms with Gasteiger partial charge in [0.05, 0.1) is 0 Å². The average molecular weight is 432 g/mol. The van der Waals surface area contributed by atoms with Crippen molar-refractivity contribution in [2.45, 2.75) is 0 Å². The first-order valence-electron chi connectivity index (χ1n) is 0.258. The van der Waals surface area contributed by atoms with E-state index in [1.54, 1.807) is 0 Å². The molecule has 9 heavy (non-hydrogen) atoms. The molecule has 0 fully saturated rings. The van der Waals surface area contributed by atoms with Gasteiger partial charge in [0.25, 0.3) is 0 Å². The van der Waals surface area contributed by atoms with Crippen molar-refractivity contribution >= 4 is 114 Å². The van der Waals surface area contributed by atoms with Crippen LogP contribution in [0.25, 0.3) is 0 Å². The first-order valence-corrected chi connectivity index (χ1v) is 0.775.